The smallest absolute Gasteiger partial charge is 0 e. The van der Waals surface area contributed by atoms with Crippen molar-refractivity contribution in [1.82, 2.24) is 0 Å². The zero-order valence-electron chi connectivity index (χ0n) is 2.00. The van der Waals surface area contributed by atoms with Gasteiger partial charge in [-0.2, -0.15) is 0 Å². The van der Waals surface area contributed by atoms with E-state index < -0.39 is 0 Å². The number of rotatable bonds is 0. The molecule has 2 radical (unpaired) electrons. The Hall–Kier alpha value is 1.45. The molecule has 4 N–H and O–H groups in total. The minimum absolute atomic E-state index is 0. The third-order valence-corrected chi connectivity index (χ3v) is 0. The van der Waals surface area contributed by atoms with Crippen molar-refractivity contribution in [3.8, 4) is 0 Å². The van der Waals surface area contributed by atoms with Gasteiger partial charge in [0.25, 0.3) is 0 Å². The van der Waals surface area contributed by atoms with Gasteiger partial charge in [-0.1, -0.05) is 0 Å². The first-order valence-corrected chi connectivity index (χ1v) is 0. The van der Waals surface area contributed by atoms with E-state index in [1.54, 1.807) is 0 Å². The monoisotopic (exact) mass is 212 g/mol. The van der Waals surface area contributed by atoms with Crippen LogP contribution in [0.5, 0.6) is 0 Å². The Kier molecular flexibility index (Phi) is 932. The van der Waals surface area contributed by atoms with Gasteiger partial charge in [0.05, 0.1) is 0 Å². The molecule has 0 amide bonds. The van der Waals surface area contributed by atoms with Crippen LogP contribution in [0, 0.1) is 0 Å². The average Bonchev–Trinajstić information content (AvgIpc) is 0. The van der Waals surface area contributed by atoms with Crippen molar-refractivity contribution < 1.29 is 61.6 Å². The third kappa shape index (κ3) is 30.8. The molecule has 0 aromatic rings. The maximum Gasteiger partial charge on any atom is 0 e. The largest absolute Gasteiger partial charge is 0.412 e. The summed E-state index contributed by atoms with van der Waals surface area (Å²) >= 11 is 0. The Morgan fingerprint density at radius 3 is 0.800 bits per heavy atom. The quantitative estimate of drug-likeness (QED) is 0.432. The Balaban J connectivity index is 0. The molecular formula is H4CuMnNiO2. The van der Waals surface area contributed by atoms with Gasteiger partial charge >= 0.3 is 0 Å². The van der Waals surface area contributed by atoms with E-state index in [9.17, 15) is 0 Å². The van der Waals surface area contributed by atoms with Gasteiger partial charge in [-0.25, -0.2) is 0 Å². The zero-order valence-corrected chi connectivity index (χ0v) is 5.11. The second kappa shape index (κ2) is 51.2. The van der Waals surface area contributed by atoms with E-state index >= 15 is 0 Å². The van der Waals surface area contributed by atoms with Crippen molar-refractivity contribution in [1.29, 1.82) is 0 Å². The minimum Gasteiger partial charge on any atom is -0.412 e. The first-order chi connectivity index (χ1) is 0. The maximum absolute atomic E-state index is 0. The average molecular weight is 213 g/mol. The zero-order chi connectivity index (χ0) is 0. The number of hydrogen-bond donors (Lipinski definition) is 0. The normalized spacial score (nSPS) is 0. The fourth-order valence-corrected chi connectivity index (χ4v) is 0. The number of hydrogen-bond acceptors (Lipinski definition) is 0. The molecule has 0 saturated heterocycles. The molecule has 0 rings (SSSR count). The van der Waals surface area contributed by atoms with Gasteiger partial charge in [0.15, 0.2) is 0 Å². The van der Waals surface area contributed by atoms with Crippen LogP contribution in [0.3, 0.4) is 0 Å². The first kappa shape index (κ1) is 90.9. The summed E-state index contributed by atoms with van der Waals surface area (Å²) in [6.45, 7) is 0. The summed E-state index contributed by atoms with van der Waals surface area (Å²) < 4.78 is 0. The molecule has 0 aliphatic rings. The molecule has 0 aliphatic heterocycles. The molecule has 0 unspecified atom stereocenters. The summed E-state index contributed by atoms with van der Waals surface area (Å²) in [4.78, 5) is 0. The molecule has 5 heavy (non-hydrogen) atoms. The van der Waals surface area contributed by atoms with Gasteiger partial charge < -0.3 is 11.0 Å². The molecule has 5 heteroatoms. The van der Waals surface area contributed by atoms with E-state index in [2.05, 4.69) is 0 Å². The van der Waals surface area contributed by atoms with Crippen LogP contribution in [-0.4, -0.2) is 11.0 Å². The first-order valence-electron chi connectivity index (χ1n) is 0. The van der Waals surface area contributed by atoms with Gasteiger partial charge in [0, 0.05) is 50.6 Å². The summed E-state index contributed by atoms with van der Waals surface area (Å²) in [5.41, 5.74) is 0. The van der Waals surface area contributed by atoms with E-state index in [1.165, 1.54) is 0 Å². The van der Waals surface area contributed by atoms with Crippen molar-refractivity contribution in [3.63, 3.8) is 0 Å². The van der Waals surface area contributed by atoms with Crippen LogP contribution < -0.4 is 0 Å². The molecule has 0 aliphatic carbocycles. The molecule has 0 bridgehead atoms. The second-order valence-electron chi connectivity index (χ2n) is 0. The molecular weight excluding hydrogens is 209 g/mol. The van der Waals surface area contributed by atoms with Crippen LogP contribution in [0.2, 0.25) is 0 Å². The minimum atomic E-state index is 0. The van der Waals surface area contributed by atoms with Crippen molar-refractivity contribution in [2.45, 2.75) is 0 Å². The molecule has 0 aromatic carbocycles. The molecule has 2 nitrogen and oxygen atoms in total. The van der Waals surface area contributed by atoms with Gasteiger partial charge in [-0.15, -0.1) is 0 Å². The molecule has 0 fully saturated rings. The third-order valence-electron chi connectivity index (χ3n) is 0. The standard InChI is InChI=1S/Cu.Mn.Ni.2H2O/h;;;2*1H2. The summed E-state index contributed by atoms with van der Waals surface area (Å²) in [7, 11) is 0. The molecule has 0 saturated carbocycles. The van der Waals surface area contributed by atoms with Gasteiger partial charge in [-0.05, 0) is 0 Å². The van der Waals surface area contributed by atoms with E-state index in [0.29, 0.717) is 0 Å². The summed E-state index contributed by atoms with van der Waals surface area (Å²) in [6, 6.07) is 0. The van der Waals surface area contributed by atoms with Crippen LogP contribution in [0.1, 0.15) is 0 Å². The van der Waals surface area contributed by atoms with Gasteiger partial charge in [-0.3, -0.25) is 0 Å². The van der Waals surface area contributed by atoms with Crippen LogP contribution in [0.15, 0.2) is 0 Å². The van der Waals surface area contributed by atoms with Crippen LogP contribution in [0.4, 0.5) is 0 Å². The van der Waals surface area contributed by atoms with E-state index in [1.807, 2.05) is 0 Å². The Morgan fingerprint density at radius 2 is 0.800 bits per heavy atom. The maximum atomic E-state index is 0. The molecule has 0 heterocycles. The fraction of sp³-hybridized carbons (Fsp3) is 0. The van der Waals surface area contributed by atoms with Crippen molar-refractivity contribution in [2.75, 3.05) is 0 Å². The van der Waals surface area contributed by atoms with Gasteiger partial charge in [0.1, 0.15) is 0 Å². The Morgan fingerprint density at radius 1 is 0.800 bits per heavy atom. The molecule has 0 aromatic heterocycles. The van der Waals surface area contributed by atoms with Crippen LogP contribution in [-0.2, 0) is 50.6 Å². The van der Waals surface area contributed by atoms with Crippen LogP contribution in [0.25, 0.3) is 0 Å². The predicted octanol–water partition coefficient (Wildman–Crippen LogP) is -1.66. The summed E-state index contributed by atoms with van der Waals surface area (Å²) in [5, 5.41) is 0. The van der Waals surface area contributed by atoms with Gasteiger partial charge in [0.2, 0.25) is 0 Å². The van der Waals surface area contributed by atoms with E-state index in [-0.39, 0.29) is 61.6 Å². The van der Waals surface area contributed by atoms with Crippen molar-refractivity contribution in [2.24, 2.45) is 0 Å². The molecule has 0 atom stereocenters. The summed E-state index contributed by atoms with van der Waals surface area (Å²) in [6.07, 6.45) is 0. The Labute approximate surface area is 61.6 Å². The second-order valence-corrected chi connectivity index (χ2v) is 0. The topological polar surface area (TPSA) is 63.0 Å². The molecule has 0 spiro atoms. The van der Waals surface area contributed by atoms with Crippen molar-refractivity contribution in [3.05, 3.63) is 0 Å². The SMILES string of the molecule is O.O.[Cu].[Mn].[Ni]. The van der Waals surface area contributed by atoms with E-state index in [0.717, 1.165) is 0 Å². The van der Waals surface area contributed by atoms with Crippen LogP contribution >= 0.6 is 0 Å². The summed E-state index contributed by atoms with van der Waals surface area (Å²) in [5.74, 6) is 0. The fourth-order valence-electron chi connectivity index (χ4n) is 0. The Bertz CT molecular complexity index is 9.61. The van der Waals surface area contributed by atoms with E-state index in [4.69, 9.17) is 0 Å². The molecule has 44 valence electrons. The van der Waals surface area contributed by atoms with Crippen molar-refractivity contribution >= 4 is 0 Å². The predicted molar refractivity (Wildman–Crippen MR) is 7.23 cm³/mol.